The maximum Gasteiger partial charge on any atom is 0.291 e. The summed E-state index contributed by atoms with van der Waals surface area (Å²) in [6.07, 6.45) is 5.30. The number of hydrogen-bond acceptors (Lipinski definition) is 4. The highest BCUT2D eigenvalue weighted by Gasteiger charge is 2.31. The van der Waals surface area contributed by atoms with E-state index in [0.717, 1.165) is 38.8 Å². The lowest BCUT2D eigenvalue weighted by Gasteiger charge is -2.33. The zero-order chi connectivity index (χ0) is 21.5. The number of anilines is 1. The molecule has 3 amide bonds. The fourth-order valence-corrected chi connectivity index (χ4v) is 3.59. The maximum absolute atomic E-state index is 13.1. The van der Waals surface area contributed by atoms with Crippen LogP contribution in [0.15, 0.2) is 47.1 Å². The van der Waals surface area contributed by atoms with Crippen LogP contribution in [0, 0.1) is 5.92 Å². The minimum atomic E-state index is -0.602. The molecule has 1 aromatic carbocycles. The van der Waals surface area contributed by atoms with Crippen molar-refractivity contribution in [1.29, 1.82) is 0 Å². The van der Waals surface area contributed by atoms with Crippen LogP contribution in [0.3, 0.4) is 0 Å². The fourth-order valence-electron chi connectivity index (χ4n) is 3.59. The van der Waals surface area contributed by atoms with E-state index in [1.54, 1.807) is 36.4 Å². The number of carbonyl (C=O) groups excluding carboxylic acids is 3. The van der Waals surface area contributed by atoms with E-state index in [-0.39, 0.29) is 23.5 Å². The van der Waals surface area contributed by atoms with Crippen LogP contribution in [0.1, 0.15) is 60.4 Å². The summed E-state index contributed by atoms with van der Waals surface area (Å²) in [6.45, 7) is 5.44. The first-order chi connectivity index (χ1) is 14.5. The van der Waals surface area contributed by atoms with E-state index in [1.807, 2.05) is 18.7 Å². The number of hydrogen-bond donors (Lipinski definition) is 2. The van der Waals surface area contributed by atoms with Crippen molar-refractivity contribution in [2.75, 3.05) is 18.4 Å². The number of piperidine rings is 1. The van der Waals surface area contributed by atoms with Gasteiger partial charge in [-0.15, -0.1) is 0 Å². The van der Waals surface area contributed by atoms with Gasteiger partial charge in [-0.1, -0.05) is 32.4 Å². The Bertz CT molecular complexity index is 872. The van der Waals surface area contributed by atoms with Gasteiger partial charge in [-0.2, -0.15) is 0 Å². The fraction of sp³-hybridized carbons (Fsp3) is 0.435. The second-order valence-electron chi connectivity index (χ2n) is 7.70. The SMILES string of the molecule is CC[C@@H](C)[C@@H](NC(=O)c1ccccc1NC(=O)c1ccco1)C(=O)N1CCCCC1. The average molecular weight is 412 g/mol. The third-order valence-corrected chi connectivity index (χ3v) is 5.60. The van der Waals surface area contributed by atoms with E-state index in [9.17, 15) is 14.4 Å². The van der Waals surface area contributed by atoms with Gasteiger partial charge in [-0.3, -0.25) is 14.4 Å². The molecule has 1 fully saturated rings. The summed E-state index contributed by atoms with van der Waals surface area (Å²) >= 11 is 0. The smallest absolute Gasteiger partial charge is 0.291 e. The van der Waals surface area contributed by atoms with Crippen molar-refractivity contribution < 1.29 is 18.8 Å². The van der Waals surface area contributed by atoms with E-state index in [4.69, 9.17) is 4.42 Å². The molecule has 2 heterocycles. The molecule has 0 unspecified atom stereocenters. The van der Waals surface area contributed by atoms with Crippen molar-refractivity contribution in [3.63, 3.8) is 0 Å². The van der Waals surface area contributed by atoms with E-state index >= 15 is 0 Å². The van der Waals surface area contributed by atoms with Crippen LogP contribution < -0.4 is 10.6 Å². The topological polar surface area (TPSA) is 91.6 Å². The molecule has 0 radical (unpaired) electrons. The maximum atomic E-state index is 13.1. The van der Waals surface area contributed by atoms with Gasteiger partial charge >= 0.3 is 0 Å². The molecule has 2 atom stereocenters. The van der Waals surface area contributed by atoms with Crippen LogP contribution in [0.4, 0.5) is 5.69 Å². The van der Waals surface area contributed by atoms with Crippen molar-refractivity contribution in [2.45, 2.75) is 45.6 Å². The van der Waals surface area contributed by atoms with Gasteiger partial charge in [-0.05, 0) is 49.4 Å². The number of likely N-dealkylation sites (tertiary alicyclic amines) is 1. The Morgan fingerprint density at radius 3 is 2.43 bits per heavy atom. The summed E-state index contributed by atoms with van der Waals surface area (Å²) < 4.78 is 5.11. The number of amides is 3. The summed E-state index contributed by atoms with van der Waals surface area (Å²) in [4.78, 5) is 40.4. The molecule has 2 aromatic rings. The lowest BCUT2D eigenvalue weighted by molar-refractivity contribution is -0.135. The van der Waals surface area contributed by atoms with Crippen LogP contribution in [-0.2, 0) is 4.79 Å². The number of benzene rings is 1. The van der Waals surface area contributed by atoms with Crippen LogP contribution in [0.5, 0.6) is 0 Å². The second-order valence-corrected chi connectivity index (χ2v) is 7.70. The molecule has 1 aliphatic rings. The zero-order valence-corrected chi connectivity index (χ0v) is 17.5. The van der Waals surface area contributed by atoms with Gasteiger partial charge in [0.25, 0.3) is 11.8 Å². The summed E-state index contributed by atoms with van der Waals surface area (Å²) in [5.41, 5.74) is 0.668. The van der Waals surface area contributed by atoms with Gasteiger partial charge in [0.2, 0.25) is 5.91 Å². The number of nitrogens with zero attached hydrogens (tertiary/aromatic N) is 1. The summed E-state index contributed by atoms with van der Waals surface area (Å²) in [6, 6.07) is 9.31. The van der Waals surface area contributed by atoms with Crippen LogP contribution in [0.2, 0.25) is 0 Å². The molecule has 1 saturated heterocycles. The first kappa shape index (κ1) is 21.6. The summed E-state index contributed by atoms with van der Waals surface area (Å²) in [7, 11) is 0. The number of para-hydroxylation sites is 1. The quantitative estimate of drug-likeness (QED) is 0.727. The largest absolute Gasteiger partial charge is 0.459 e. The molecule has 30 heavy (non-hydrogen) atoms. The lowest BCUT2D eigenvalue weighted by Crippen LogP contribution is -2.52. The second kappa shape index (κ2) is 10.1. The average Bonchev–Trinajstić information content (AvgIpc) is 3.32. The van der Waals surface area contributed by atoms with Crippen molar-refractivity contribution in [2.24, 2.45) is 5.92 Å². The normalized spacial score (nSPS) is 15.9. The molecule has 1 aliphatic heterocycles. The molecule has 0 aliphatic carbocycles. The van der Waals surface area contributed by atoms with Gasteiger partial charge in [0.1, 0.15) is 6.04 Å². The van der Waals surface area contributed by atoms with Crippen molar-refractivity contribution in [3.8, 4) is 0 Å². The standard InChI is InChI=1S/C23H29N3O4/c1-3-16(2)20(23(29)26-13-7-4-8-14-26)25-21(27)17-10-5-6-11-18(17)24-22(28)19-12-9-15-30-19/h5-6,9-12,15-16,20H,3-4,7-8,13-14H2,1-2H3,(H,24,28)(H,25,27)/t16-,20-/m1/s1. The van der Waals surface area contributed by atoms with Gasteiger partial charge in [0.05, 0.1) is 17.5 Å². The molecular weight excluding hydrogens is 382 g/mol. The van der Waals surface area contributed by atoms with E-state index in [0.29, 0.717) is 11.3 Å². The molecular formula is C23H29N3O4. The minimum Gasteiger partial charge on any atom is -0.459 e. The van der Waals surface area contributed by atoms with Crippen molar-refractivity contribution in [3.05, 3.63) is 54.0 Å². The Kier molecular flexibility index (Phi) is 7.27. The molecule has 1 aromatic heterocycles. The minimum absolute atomic E-state index is 0.00625. The Hall–Kier alpha value is -3.09. The van der Waals surface area contributed by atoms with Gasteiger partial charge in [0.15, 0.2) is 5.76 Å². The summed E-state index contributed by atoms with van der Waals surface area (Å²) in [5, 5.41) is 5.64. The number of furan rings is 1. The molecule has 2 N–H and O–H groups in total. The third kappa shape index (κ3) is 5.09. The number of nitrogens with one attached hydrogen (secondary N) is 2. The molecule has 7 nitrogen and oxygen atoms in total. The first-order valence-electron chi connectivity index (χ1n) is 10.5. The van der Waals surface area contributed by atoms with E-state index in [1.165, 1.54) is 6.26 Å². The number of rotatable bonds is 7. The summed E-state index contributed by atoms with van der Waals surface area (Å²) in [5.74, 6) is -0.713. The highest BCUT2D eigenvalue weighted by Crippen LogP contribution is 2.20. The lowest BCUT2D eigenvalue weighted by atomic mass is 9.96. The monoisotopic (exact) mass is 411 g/mol. The van der Waals surface area contributed by atoms with Crippen molar-refractivity contribution in [1.82, 2.24) is 10.2 Å². The van der Waals surface area contributed by atoms with Gasteiger partial charge in [-0.25, -0.2) is 0 Å². The first-order valence-corrected chi connectivity index (χ1v) is 10.5. The zero-order valence-electron chi connectivity index (χ0n) is 17.5. The van der Waals surface area contributed by atoms with E-state index < -0.39 is 11.9 Å². The molecule has 7 heteroatoms. The third-order valence-electron chi connectivity index (χ3n) is 5.60. The Balaban J connectivity index is 1.77. The molecule has 0 bridgehead atoms. The Labute approximate surface area is 176 Å². The molecule has 160 valence electrons. The molecule has 3 rings (SSSR count). The van der Waals surface area contributed by atoms with Gasteiger partial charge in [0, 0.05) is 13.1 Å². The van der Waals surface area contributed by atoms with Crippen LogP contribution in [0.25, 0.3) is 0 Å². The van der Waals surface area contributed by atoms with Crippen molar-refractivity contribution >= 4 is 23.4 Å². The number of carbonyl (C=O) groups is 3. The molecule has 0 spiro atoms. The van der Waals surface area contributed by atoms with Gasteiger partial charge < -0.3 is 20.0 Å². The van der Waals surface area contributed by atoms with E-state index in [2.05, 4.69) is 10.6 Å². The Morgan fingerprint density at radius 2 is 1.77 bits per heavy atom. The van der Waals surface area contributed by atoms with Crippen LogP contribution >= 0.6 is 0 Å². The predicted octanol–water partition coefficient (Wildman–Crippen LogP) is 3.69. The van der Waals surface area contributed by atoms with Crippen LogP contribution in [-0.4, -0.2) is 41.8 Å². The predicted molar refractivity (Wildman–Crippen MR) is 114 cm³/mol. The highest BCUT2D eigenvalue weighted by molar-refractivity contribution is 6.08. The highest BCUT2D eigenvalue weighted by atomic mass is 16.3. The Morgan fingerprint density at radius 1 is 1.03 bits per heavy atom. The molecule has 0 saturated carbocycles.